The van der Waals surface area contributed by atoms with Gasteiger partial charge in [0.05, 0.1) is 7.11 Å². The van der Waals surface area contributed by atoms with Crippen molar-refractivity contribution in [3.8, 4) is 0 Å². The van der Waals surface area contributed by atoms with Crippen molar-refractivity contribution in [1.29, 1.82) is 0 Å². The lowest BCUT2D eigenvalue weighted by Crippen LogP contribution is -3.15. The normalized spacial score (nSPS) is 12.3. The number of rotatable bonds is 9. The zero-order valence-electron chi connectivity index (χ0n) is 13.3. The highest BCUT2D eigenvalue weighted by molar-refractivity contribution is 7.80. The van der Waals surface area contributed by atoms with E-state index >= 15 is 0 Å². The molecule has 0 bridgehead atoms. The van der Waals surface area contributed by atoms with Crippen LogP contribution in [0, 0.1) is 0 Å². The fourth-order valence-corrected chi connectivity index (χ4v) is 1.60. The lowest BCUT2D eigenvalue weighted by atomic mass is 10.1. The van der Waals surface area contributed by atoms with Crippen LogP contribution in [-0.4, -0.2) is 38.6 Å². The fraction of sp³-hybridized carbons (Fsp3) is 0.769. The summed E-state index contributed by atoms with van der Waals surface area (Å²) in [6.45, 7) is 10.7. The molecule has 0 amide bonds. The fourth-order valence-electron chi connectivity index (χ4n) is 1.60. The van der Waals surface area contributed by atoms with Crippen LogP contribution in [0.25, 0.3) is 0 Å². The lowest BCUT2D eigenvalue weighted by Gasteiger charge is -2.23. The van der Waals surface area contributed by atoms with Gasteiger partial charge in [-0.05, 0) is 6.42 Å². The third-order valence-corrected chi connectivity index (χ3v) is 3.23. The number of nitrogens with one attached hydrogen (secondary N) is 1. The Balaban J connectivity index is 0. The van der Waals surface area contributed by atoms with Gasteiger partial charge in [0.25, 0.3) is 0 Å². The highest BCUT2D eigenvalue weighted by Gasteiger charge is 2.22. The van der Waals surface area contributed by atoms with Gasteiger partial charge >= 0.3 is 5.97 Å². The van der Waals surface area contributed by atoms with Crippen molar-refractivity contribution < 1.29 is 31.8 Å². The molecule has 0 fully saturated rings. The summed E-state index contributed by atoms with van der Waals surface area (Å²) < 4.78 is 31.0. The summed E-state index contributed by atoms with van der Waals surface area (Å²) in [6.07, 6.45) is 5.49. The van der Waals surface area contributed by atoms with E-state index in [1.54, 1.807) is 0 Å². The van der Waals surface area contributed by atoms with Crippen LogP contribution in [-0.2, 0) is 24.2 Å². The molecule has 0 aliphatic rings. The molecule has 0 aromatic rings. The molecule has 7 nitrogen and oxygen atoms in total. The SMILES string of the molecule is C=CC(=O)O[NH+](CCCC)C(CC)CC.COS(=O)(=O)[O-]. The molecule has 0 aromatic carbocycles. The lowest BCUT2D eigenvalue weighted by molar-refractivity contribution is -1.09. The molecule has 0 heterocycles. The second-order valence-corrected chi connectivity index (χ2v) is 5.43. The number of hydrogen-bond acceptors (Lipinski definition) is 6. The minimum atomic E-state index is -4.41. The van der Waals surface area contributed by atoms with Crippen LogP contribution in [0.5, 0.6) is 0 Å². The maximum absolute atomic E-state index is 11.2. The predicted molar refractivity (Wildman–Crippen MR) is 78.1 cm³/mol. The second-order valence-electron chi connectivity index (χ2n) is 4.28. The van der Waals surface area contributed by atoms with Crippen LogP contribution in [0.15, 0.2) is 12.7 Å². The molecular formula is C13H27NO6S. The number of carbonyl (C=O) groups excluding carboxylic acids is 1. The van der Waals surface area contributed by atoms with E-state index in [1.807, 2.05) is 0 Å². The van der Waals surface area contributed by atoms with Crippen molar-refractivity contribution in [3.63, 3.8) is 0 Å². The second kappa shape index (κ2) is 12.8. The first kappa shape index (κ1) is 22.3. The number of hydroxylamine groups is 2. The van der Waals surface area contributed by atoms with Gasteiger partial charge < -0.3 is 4.55 Å². The first-order valence-electron chi connectivity index (χ1n) is 6.96. The van der Waals surface area contributed by atoms with E-state index in [2.05, 4.69) is 31.5 Å². The third kappa shape index (κ3) is 13.8. The molecule has 0 aliphatic heterocycles. The van der Waals surface area contributed by atoms with Gasteiger partial charge in [-0.1, -0.05) is 33.8 Å². The van der Waals surface area contributed by atoms with Gasteiger partial charge in [0.2, 0.25) is 10.4 Å². The summed E-state index contributed by atoms with van der Waals surface area (Å²) in [5.74, 6) is -0.326. The van der Waals surface area contributed by atoms with Crippen LogP contribution in [0.1, 0.15) is 46.5 Å². The third-order valence-electron chi connectivity index (χ3n) is 2.82. The van der Waals surface area contributed by atoms with Crippen LogP contribution >= 0.6 is 0 Å². The monoisotopic (exact) mass is 325 g/mol. The number of unbranched alkanes of at least 4 members (excludes halogenated alkanes) is 1. The van der Waals surface area contributed by atoms with Gasteiger partial charge in [0.15, 0.2) is 0 Å². The smallest absolute Gasteiger partial charge is 0.389 e. The minimum absolute atomic E-state index is 0.326. The molecule has 21 heavy (non-hydrogen) atoms. The molecule has 126 valence electrons. The van der Waals surface area contributed by atoms with Gasteiger partial charge in [-0.2, -0.15) is 0 Å². The van der Waals surface area contributed by atoms with E-state index in [9.17, 15) is 17.8 Å². The Morgan fingerprint density at radius 2 is 1.81 bits per heavy atom. The van der Waals surface area contributed by atoms with Gasteiger partial charge in [0, 0.05) is 18.9 Å². The van der Waals surface area contributed by atoms with Gasteiger partial charge in [-0.15, -0.1) is 5.06 Å². The molecule has 0 radical (unpaired) electrons. The molecule has 1 atom stereocenters. The summed E-state index contributed by atoms with van der Waals surface area (Å²) in [6, 6.07) is 0.403. The maximum atomic E-state index is 11.2. The van der Waals surface area contributed by atoms with Crippen molar-refractivity contribution in [2.75, 3.05) is 13.7 Å². The first-order valence-corrected chi connectivity index (χ1v) is 8.30. The number of quaternary nitrogens is 1. The van der Waals surface area contributed by atoms with Gasteiger partial charge in [-0.3, -0.25) is 9.02 Å². The zero-order chi connectivity index (χ0) is 16.9. The molecule has 0 aliphatic carbocycles. The largest absolute Gasteiger partial charge is 0.726 e. The molecule has 1 N–H and O–H groups in total. The molecule has 0 spiro atoms. The Labute approximate surface area is 127 Å². The Morgan fingerprint density at radius 1 is 1.33 bits per heavy atom. The molecule has 0 rings (SSSR count). The summed E-state index contributed by atoms with van der Waals surface area (Å²) in [7, 11) is -3.60. The van der Waals surface area contributed by atoms with E-state index in [0.717, 1.165) is 44.4 Å². The van der Waals surface area contributed by atoms with Gasteiger partial charge in [0.1, 0.15) is 12.6 Å². The molecule has 8 heteroatoms. The van der Waals surface area contributed by atoms with Crippen molar-refractivity contribution in [3.05, 3.63) is 12.7 Å². The highest BCUT2D eigenvalue weighted by atomic mass is 32.3. The standard InChI is InChI=1S/C12H23NO2.CH4O4S/c1-5-9-10-13(11(6-2)7-3)15-12(14)8-4;1-5-6(2,3)4/h8,11H,4-7,9-10H2,1-3H3;1H3,(H,2,3,4). The van der Waals surface area contributed by atoms with Crippen molar-refractivity contribution in [2.45, 2.75) is 52.5 Å². The van der Waals surface area contributed by atoms with E-state index in [-0.39, 0.29) is 5.97 Å². The summed E-state index contributed by atoms with van der Waals surface area (Å²) >= 11 is 0. The first-order chi connectivity index (χ1) is 9.75. The summed E-state index contributed by atoms with van der Waals surface area (Å²) in [4.78, 5) is 16.5. The highest BCUT2D eigenvalue weighted by Crippen LogP contribution is 1.93. The van der Waals surface area contributed by atoms with Crippen molar-refractivity contribution >= 4 is 16.4 Å². The van der Waals surface area contributed by atoms with Crippen LogP contribution in [0.3, 0.4) is 0 Å². The topological polar surface area (TPSA) is 97.2 Å². The average Bonchev–Trinajstić information content (AvgIpc) is 2.45. The molecule has 1 unspecified atom stereocenters. The van der Waals surface area contributed by atoms with Crippen LogP contribution < -0.4 is 5.06 Å². The Kier molecular flexibility index (Phi) is 13.6. The van der Waals surface area contributed by atoms with Crippen molar-refractivity contribution in [2.24, 2.45) is 0 Å². The van der Waals surface area contributed by atoms with Crippen LogP contribution in [0.2, 0.25) is 0 Å². The van der Waals surface area contributed by atoms with Crippen LogP contribution in [0.4, 0.5) is 0 Å². The average molecular weight is 325 g/mol. The predicted octanol–water partition coefficient (Wildman–Crippen LogP) is 0.597. The summed E-state index contributed by atoms with van der Waals surface area (Å²) in [5.41, 5.74) is 0. The van der Waals surface area contributed by atoms with E-state index < -0.39 is 10.4 Å². The number of carbonyl (C=O) groups is 1. The quantitative estimate of drug-likeness (QED) is 0.288. The molecule has 0 saturated carbocycles. The van der Waals surface area contributed by atoms with E-state index in [4.69, 9.17) is 4.84 Å². The maximum Gasteiger partial charge on any atom is 0.389 e. The van der Waals surface area contributed by atoms with E-state index in [0.29, 0.717) is 6.04 Å². The van der Waals surface area contributed by atoms with Gasteiger partial charge in [-0.25, -0.2) is 13.2 Å². The molecule has 0 aromatic heterocycles. The Bertz CT molecular complexity index is 378. The Morgan fingerprint density at radius 3 is 2.10 bits per heavy atom. The van der Waals surface area contributed by atoms with Crippen molar-refractivity contribution in [1.82, 2.24) is 0 Å². The minimum Gasteiger partial charge on any atom is -0.726 e. The summed E-state index contributed by atoms with van der Waals surface area (Å²) in [5, 5.41) is 0.937. The molecular weight excluding hydrogens is 298 g/mol. The van der Waals surface area contributed by atoms with E-state index in [1.165, 1.54) is 6.08 Å². The molecule has 0 saturated heterocycles. The number of hydrogen-bond donors (Lipinski definition) is 1. The Hall–Kier alpha value is -0.960. The zero-order valence-corrected chi connectivity index (χ0v) is 14.1.